The predicted molar refractivity (Wildman–Crippen MR) is 124 cm³/mol. The summed E-state index contributed by atoms with van der Waals surface area (Å²) in [5.74, 6) is 0.990. The highest BCUT2D eigenvalue weighted by Gasteiger charge is 2.57. The van der Waals surface area contributed by atoms with Gasteiger partial charge in [0.05, 0.1) is 25.9 Å². The molecule has 1 heterocycles. The van der Waals surface area contributed by atoms with Crippen LogP contribution >= 0.6 is 11.7 Å². The van der Waals surface area contributed by atoms with Gasteiger partial charge in [0.15, 0.2) is 17.1 Å². The van der Waals surface area contributed by atoms with E-state index in [1.54, 1.807) is 26.4 Å². The number of hydrogen-bond donors (Lipinski definition) is 1. The summed E-state index contributed by atoms with van der Waals surface area (Å²) in [7, 11) is 6.14. The highest BCUT2D eigenvalue weighted by molar-refractivity contribution is 7.00. The Bertz CT molecular complexity index is 1250. The Balaban J connectivity index is 1.93. The second kappa shape index (κ2) is 8.93. The van der Waals surface area contributed by atoms with Crippen molar-refractivity contribution in [2.24, 2.45) is 0 Å². The zero-order valence-corrected chi connectivity index (χ0v) is 19.5. The second-order valence-electron chi connectivity index (χ2n) is 7.60. The number of hydrogen-bond acceptors (Lipinski definition) is 9. The van der Waals surface area contributed by atoms with Gasteiger partial charge in [0.2, 0.25) is 0 Å². The van der Waals surface area contributed by atoms with E-state index in [1.807, 2.05) is 30.3 Å². The van der Waals surface area contributed by atoms with Gasteiger partial charge in [-0.2, -0.15) is 8.75 Å². The molecule has 0 saturated carbocycles. The third-order valence-corrected chi connectivity index (χ3v) is 6.63. The number of ether oxygens (including phenoxy) is 4. The van der Waals surface area contributed by atoms with Crippen molar-refractivity contribution in [2.75, 3.05) is 28.4 Å². The minimum absolute atomic E-state index is 0.136. The fourth-order valence-electron chi connectivity index (χ4n) is 4.43. The number of fused-ring (bicyclic) bond motifs is 1. The normalized spacial score (nSPS) is 22.5. The third kappa shape index (κ3) is 3.58. The quantitative estimate of drug-likeness (QED) is 0.499. The second-order valence-corrected chi connectivity index (χ2v) is 8.12. The molecule has 0 amide bonds. The summed E-state index contributed by atoms with van der Waals surface area (Å²) in [5.41, 5.74) is 0.410. The minimum Gasteiger partial charge on any atom is -0.509 e. The molecule has 8 nitrogen and oxygen atoms in total. The van der Waals surface area contributed by atoms with Gasteiger partial charge in [0, 0.05) is 26.2 Å². The van der Waals surface area contributed by atoms with Crippen molar-refractivity contribution >= 4 is 29.0 Å². The fourth-order valence-corrected chi connectivity index (χ4v) is 4.94. The highest BCUT2D eigenvalue weighted by atomic mass is 32.1. The average molecular weight is 469 g/mol. The molecule has 172 valence electrons. The van der Waals surface area contributed by atoms with Crippen LogP contribution < -0.4 is 9.47 Å². The Morgan fingerprint density at radius 1 is 0.970 bits per heavy atom. The van der Waals surface area contributed by atoms with Crippen LogP contribution in [-0.4, -0.2) is 54.2 Å². The van der Waals surface area contributed by atoms with Gasteiger partial charge in [-0.1, -0.05) is 12.1 Å². The van der Waals surface area contributed by atoms with Gasteiger partial charge in [-0.15, -0.1) is 0 Å². The van der Waals surface area contributed by atoms with E-state index >= 15 is 0 Å². The first-order valence-corrected chi connectivity index (χ1v) is 10.8. The number of aromatic nitrogens is 2. The first-order chi connectivity index (χ1) is 16.0. The lowest BCUT2D eigenvalue weighted by atomic mass is 9.69. The Hall–Kier alpha value is -3.27. The van der Waals surface area contributed by atoms with Crippen LogP contribution in [0.3, 0.4) is 0 Å². The van der Waals surface area contributed by atoms with Crippen LogP contribution in [0.2, 0.25) is 0 Å². The summed E-state index contributed by atoms with van der Waals surface area (Å²) >= 11 is 1.11. The van der Waals surface area contributed by atoms with Gasteiger partial charge in [-0.05, 0) is 47.5 Å². The van der Waals surface area contributed by atoms with Crippen molar-refractivity contribution in [3.8, 4) is 11.5 Å². The van der Waals surface area contributed by atoms with Gasteiger partial charge in [0.25, 0.3) is 0 Å². The highest BCUT2D eigenvalue weighted by Crippen LogP contribution is 2.49. The van der Waals surface area contributed by atoms with Crippen molar-refractivity contribution < 1.29 is 28.8 Å². The number of aliphatic hydroxyl groups excluding tert-OH is 1. The summed E-state index contributed by atoms with van der Waals surface area (Å²) in [4.78, 5) is 11.8. The van der Waals surface area contributed by atoms with Crippen molar-refractivity contribution in [1.29, 1.82) is 0 Å². The largest absolute Gasteiger partial charge is 0.509 e. The van der Waals surface area contributed by atoms with Gasteiger partial charge < -0.3 is 24.1 Å². The molecule has 1 aliphatic rings. The number of aldehydes is 1. The number of methoxy groups -OCH3 is 4. The molecule has 3 aromatic rings. The van der Waals surface area contributed by atoms with E-state index in [4.69, 9.17) is 18.9 Å². The third-order valence-electron chi connectivity index (χ3n) is 6.08. The van der Waals surface area contributed by atoms with Gasteiger partial charge in [-0.3, -0.25) is 4.79 Å². The van der Waals surface area contributed by atoms with Gasteiger partial charge in [-0.25, -0.2) is 0 Å². The van der Waals surface area contributed by atoms with Crippen LogP contribution in [-0.2, 0) is 26.3 Å². The SMILES string of the molecule is COc1ccc(CC2(OC)C(O)=CC(C=O)=CC2(OC)c2ccc3nsnc3c2)cc1OC. The average Bonchev–Trinajstić information content (AvgIpc) is 3.32. The van der Waals surface area contributed by atoms with Crippen molar-refractivity contribution in [3.63, 3.8) is 0 Å². The predicted octanol–water partition coefficient (Wildman–Crippen LogP) is 3.76. The lowest BCUT2D eigenvalue weighted by molar-refractivity contribution is -0.163. The molecule has 0 fully saturated rings. The molecule has 0 spiro atoms. The molecule has 2 unspecified atom stereocenters. The summed E-state index contributed by atoms with van der Waals surface area (Å²) in [6, 6.07) is 11.0. The van der Waals surface area contributed by atoms with E-state index in [0.29, 0.717) is 28.9 Å². The van der Waals surface area contributed by atoms with Crippen LogP contribution in [0.15, 0.2) is 59.9 Å². The zero-order valence-electron chi connectivity index (χ0n) is 18.7. The summed E-state index contributed by atoms with van der Waals surface area (Å²) in [6.07, 6.45) is 3.95. The molecule has 0 aliphatic heterocycles. The Kier molecular flexibility index (Phi) is 6.20. The molecule has 2 aromatic carbocycles. The topological polar surface area (TPSA) is 100 Å². The molecule has 4 rings (SSSR count). The van der Waals surface area contributed by atoms with E-state index in [2.05, 4.69) is 8.75 Å². The van der Waals surface area contributed by atoms with Gasteiger partial charge in [0.1, 0.15) is 28.7 Å². The molecule has 0 saturated heterocycles. The number of benzene rings is 2. The summed E-state index contributed by atoms with van der Waals surface area (Å²) in [6.45, 7) is 0. The molecule has 33 heavy (non-hydrogen) atoms. The first kappa shape index (κ1) is 22.9. The van der Waals surface area contributed by atoms with Crippen molar-refractivity contribution in [2.45, 2.75) is 17.6 Å². The maximum absolute atomic E-state index is 11.8. The zero-order chi connectivity index (χ0) is 23.6. The smallest absolute Gasteiger partial charge is 0.165 e. The van der Waals surface area contributed by atoms with E-state index in [0.717, 1.165) is 22.8 Å². The maximum atomic E-state index is 11.8. The monoisotopic (exact) mass is 468 g/mol. The van der Waals surface area contributed by atoms with Crippen LogP contribution in [0.5, 0.6) is 11.5 Å². The molecule has 1 aromatic heterocycles. The number of carbonyl (C=O) groups is 1. The standard InChI is InChI=1S/C24H24N2O6S/c1-29-20-8-5-15(9-21(20)30-2)12-24(32-4)22(28)10-16(14-27)13-23(24,31-3)17-6-7-18-19(11-17)26-33-25-18/h5-11,13-14,28H,12H2,1-4H3. The number of carbonyl (C=O) groups excluding carboxylic acids is 1. The van der Waals surface area contributed by atoms with E-state index in [9.17, 15) is 9.90 Å². The molecule has 0 bridgehead atoms. The Labute approximate surface area is 195 Å². The lowest BCUT2D eigenvalue weighted by Crippen LogP contribution is -2.57. The molecule has 1 N–H and O–H groups in total. The Morgan fingerprint density at radius 2 is 1.73 bits per heavy atom. The lowest BCUT2D eigenvalue weighted by Gasteiger charge is -2.48. The summed E-state index contributed by atoms with van der Waals surface area (Å²) < 4.78 is 31.6. The van der Waals surface area contributed by atoms with E-state index in [1.165, 1.54) is 20.3 Å². The number of aliphatic hydroxyl groups is 1. The van der Waals surface area contributed by atoms with Crippen LogP contribution in [0.25, 0.3) is 11.0 Å². The van der Waals surface area contributed by atoms with Crippen LogP contribution in [0, 0.1) is 0 Å². The molecule has 0 radical (unpaired) electrons. The van der Waals surface area contributed by atoms with Gasteiger partial charge >= 0.3 is 0 Å². The Morgan fingerprint density at radius 3 is 2.39 bits per heavy atom. The summed E-state index contributed by atoms with van der Waals surface area (Å²) in [5, 5.41) is 11.3. The van der Waals surface area contributed by atoms with Crippen LogP contribution in [0.1, 0.15) is 11.1 Å². The molecular formula is C24H24N2O6S. The number of nitrogens with zero attached hydrogens (tertiary/aromatic N) is 2. The molecular weight excluding hydrogens is 444 g/mol. The van der Waals surface area contributed by atoms with E-state index in [-0.39, 0.29) is 17.8 Å². The van der Waals surface area contributed by atoms with Crippen molar-refractivity contribution in [1.82, 2.24) is 8.75 Å². The van der Waals surface area contributed by atoms with E-state index < -0.39 is 11.2 Å². The molecule has 1 aliphatic carbocycles. The molecule has 9 heteroatoms. The first-order valence-electron chi connectivity index (χ1n) is 10.1. The maximum Gasteiger partial charge on any atom is 0.165 e. The number of allylic oxidation sites excluding steroid dienone is 2. The van der Waals surface area contributed by atoms with Crippen LogP contribution in [0.4, 0.5) is 0 Å². The number of rotatable bonds is 8. The van der Waals surface area contributed by atoms with Crippen molar-refractivity contribution in [3.05, 3.63) is 71.0 Å². The fraction of sp³-hybridized carbons (Fsp3) is 0.292. The minimum atomic E-state index is -1.40. The molecule has 2 atom stereocenters.